The fourth-order valence-electron chi connectivity index (χ4n) is 2.40. The van der Waals surface area contributed by atoms with Crippen LogP contribution in [0, 0.1) is 20.8 Å². The first-order chi connectivity index (χ1) is 8.65. The van der Waals surface area contributed by atoms with Crippen LogP contribution in [-0.2, 0) is 6.54 Å². The number of hydrogen-bond acceptors (Lipinski definition) is 1. The summed E-state index contributed by atoms with van der Waals surface area (Å²) in [6.45, 7) is 8.78. The van der Waals surface area contributed by atoms with Crippen LogP contribution in [0.15, 0.2) is 12.1 Å². The first kappa shape index (κ1) is 16.0. The Morgan fingerprint density at radius 3 is 2.17 bits per heavy atom. The van der Waals surface area contributed by atoms with Crippen molar-refractivity contribution in [2.75, 3.05) is 11.0 Å². The molecule has 1 N–H and O–H groups in total. The zero-order chi connectivity index (χ0) is 13.4. The van der Waals surface area contributed by atoms with Crippen molar-refractivity contribution in [2.45, 2.75) is 53.0 Å². The van der Waals surface area contributed by atoms with E-state index in [4.69, 9.17) is 0 Å². The molecule has 0 aliphatic heterocycles. The molecule has 102 valence electrons. The summed E-state index contributed by atoms with van der Waals surface area (Å²) in [5, 5.41) is 3.58. The second-order valence-electron chi connectivity index (χ2n) is 5.16. The minimum absolute atomic E-state index is 1.02. The number of hydrogen-bond donors (Lipinski definition) is 1. The highest BCUT2D eigenvalue weighted by molar-refractivity contribution is 14.1. The SMILES string of the molecule is Cc1cc(C)c(CNCCCCCCI)c(C)c1. The molecule has 0 bridgehead atoms. The largest absolute Gasteiger partial charge is 0.313 e. The second kappa shape index (κ2) is 8.92. The van der Waals surface area contributed by atoms with E-state index in [9.17, 15) is 0 Å². The quantitative estimate of drug-likeness (QED) is 0.403. The Bertz CT molecular complexity index is 337. The highest BCUT2D eigenvalue weighted by Crippen LogP contribution is 2.16. The van der Waals surface area contributed by atoms with Crippen molar-refractivity contribution in [3.63, 3.8) is 0 Å². The first-order valence-corrected chi connectivity index (χ1v) is 8.51. The fraction of sp³-hybridized carbons (Fsp3) is 0.625. The van der Waals surface area contributed by atoms with Crippen molar-refractivity contribution < 1.29 is 0 Å². The lowest BCUT2D eigenvalue weighted by Crippen LogP contribution is -2.16. The van der Waals surface area contributed by atoms with Crippen LogP contribution in [0.4, 0.5) is 0 Å². The summed E-state index contributed by atoms with van der Waals surface area (Å²) in [4.78, 5) is 0. The van der Waals surface area contributed by atoms with E-state index in [2.05, 4.69) is 60.8 Å². The third-order valence-corrected chi connectivity index (χ3v) is 4.14. The van der Waals surface area contributed by atoms with Crippen molar-refractivity contribution in [3.8, 4) is 0 Å². The molecule has 2 heteroatoms. The lowest BCUT2D eigenvalue weighted by atomic mass is 10.00. The van der Waals surface area contributed by atoms with Gasteiger partial charge in [-0.15, -0.1) is 0 Å². The van der Waals surface area contributed by atoms with Gasteiger partial charge in [-0.2, -0.15) is 0 Å². The van der Waals surface area contributed by atoms with Gasteiger partial charge in [-0.3, -0.25) is 0 Å². The maximum Gasteiger partial charge on any atom is 0.0210 e. The number of rotatable bonds is 8. The van der Waals surface area contributed by atoms with Crippen LogP contribution in [0.25, 0.3) is 0 Å². The smallest absolute Gasteiger partial charge is 0.0210 e. The Morgan fingerprint density at radius 2 is 1.56 bits per heavy atom. The average molecular weight is 359 g/mol. The Kier molecular flexibility index (Phi) is 7.91. The molecule has 1 nitrogen and oxygen atoms in total. The lowest BCUT2D eigenvalue weighted by molar-refractivity contribution is 0.599. The minimum atomic E-state index is 1.02. The molecule has 0 radical (unpaired) electrons. The molecule has 1 aromatic rings. The topological polar surface area (TPSA) is 12.0 Å². The van der Waals surface area contributed by atoms with Gasteiger partial charge in [-0.05, 0) is 61.3 Å². The van der Waals surface area contributed by atoms with Crippen LogP contribution >= 0.6 is 22.6 Å². The standard InChI is InChI=1S/C16H26IN/c1-13-10-14(2)16(15(3)11-13)12-18-9-7-5-4-6-8-17/h10-11,18H,4-9,12H2,1-3H3. The van der Waals surface area contributed by atoms with Crippen LogP contribution in [0.3, 0.4) is 0 Å². The van der Waals surface area contributed by atoms with Crippen LogP contribution in [0.1, 0.15) is 47.9 Å². The maximum atomic E-state index is 3.58. The summed E-state index contributed by atoms with van der Waals surface area (Å²) in [5.74, 6) is 0. The van der Waals surface area contributed by atoms with E-state index in [1.54, 1.807) is 0 Å². The molecule has 18 heavy (non-hydrogen) atoms. The molecule has 0 aromatic heterocycles. The third-order valence-electron chi connectivity index (χ3n) is 3.38. The first-order valence-electron chi connectivity index (χ1n) is 6.98. The van der Waals surface area contributed by atoms with Crippen molar-refractivity contribution in [3.05, 3.63) is 34.4 Å². The molecule has 1 rings (SSSR count). The Morgan fingerprint density at radius 1 is 0.944 bits per heavy atom. The molecule has 0 atom stereocenters. The number of nitrogens with one attached hydrogen (secondary N) is 1. The summed E-state index contributed by atoms with van der Waals surface area (Å²) >= 11 is 2.46. The lowest BCUT2D eigenvalue weighted by Gasteiger charge is -2.12. The van der Waals surface area contributed by atoms with Gasteiger partial charge in [0, 0.05) is 6.54 Å². The molecular weight excluding hydrogens is 333 g/mol. The zero-order valence-corrected chi connectivity index (χ0v) is 14.1. The predicted octanol–water partition coefficient (Wildman–Crippen LogP) is 4.70. The normalized spacial score (nSPS) is 10.9. The summed E-state index contributed by atoms with van der Waals surface area (Å²) in [7, 11) is 0. The van der Waals surface area contributed by atoms with Gasteiger partial charge >= 0.3 is 0 Å². The Balaban J connectivity index is 2.27. The molecule has 0 aliphatic rings. The molecular formula is C16H26IN. The molecule has 0 heterocycles. The number of benzene rings is 1. The van der Waals surface area contributed by atoms with Crippen molar-refractivity contribution >= 4 is 22.6 Å². The van der Waals surface area contributed by atoms with E-state index in [1.165, 1.54) is 52.4 Å². The monoisotopic (exact) mass is 359 g/mol. The van der Waals surface area contributed by atoms with Gasteiger partial charge in [0.2, 0.25) is 0 Å². The van der Waals surface area contributed by atoms with Crippen molar-refractivity contribution in [2.24, 2.45) is 0 Å². The Labute approximate surface area is 126 Å². The van der Waals surface area contributed by atoms with E-state index < -0.39 is 0 Å². The van der Waals surface area contributed by atoms with Crippen LogP contribution in [0.2, 0.25) is 0 Å². The third kappa shape index (κ3) is 5.70. The molecule has 0 saturated carbocycles. The van der Waals surface area contributed by atoms with Gasteiger partial charge < -0.3 is 5.32 Å². The van der Waals surface area contributed by atoms with E-state index >= 15 is 0 Å². The van der Waals surface area contributed by atoms with Crippen LogP contribution < -0.4 is 5.32 Å². The van der Waals surface area contributed by atoms with E-state index in [0.29, 0.717) is 0 Å². The highest BCUT2D eigenvalue weighted by Gasteiger charge is 2.02. The predicted molar refractivity (Wildman–Crippen MR) is 89.7 cm³/mol. The number of aryl methyl sites for hydroxylation is 3. The molecule has 0 saturated heterocycles. The second-order valence-corrected chi connectivity index (χ2v) is 6.24. The summed E-state index contributed by atoms with van der Waals surface area (Å²) in [6.07, 6.45) is 5.42. The Hall–Kier alpha value is -0.0900. The molecule has 0 spiro atoms. The van der Waals surface area contributed by atoms with Crippen LogP contribution in [0.5, 0.6) is 0 Å². The van der Waals surface area contributed by atoms with E-state index in [1.807, 2.05) is 0 Å². The van der Waals surface area contributed by atoms with Crippen molar-refractivity contribution in [1.82, 2.24) is 5.32 Å². The zero-order valence-electron chi connectivity index (χ0n) is 12.0. The average Bonchev–Trinajstić information content (AvgIpc) is 2.30. The molecule has 0 aliphatic carbocycles. The van der Waals surface area contributed by atoms with Crippen LogP contribution in [-0.4, -0.2) is 11.0 Å². The number of unbranched alkanes of at least 4 members (excludes halogenated alkanes) is 3. The maximum absolute atomic E-state index is 3.58. The van der Waals surface area contributed by atoms with Crippen molar-refractivity contribution in [1.29, 1.82) is 0 Å². The van der Waals surface area contributed by atoms with Gasteiger partial charge in [0.15, 0.2) is 0 Å². The summed E-state index contributed by atoms with van der Waals surface area (Å²) in [5.41, 5.74) is 5.69. The minimum Gasteiger partial charge on any atom is -0.313 e. The van der Waals surface area contributed by atoms with Gasteiger partial charge in [0.25, 0.3) is 0 Å². The van der Waals surface area contributed by atoms with Gasteiger partial charge in [-0.1, -0.05) is 53.1 Å². The molecule has 0 unspecified atom stereocenters. The molecule has 0 amide bonds. The summed E-state index contributed by atoms with van der Waals surface area (Å²) in [6, 6.07) is 4.56. The van der Waals surface area contributed by atoms with Gasteiger partial charge in [0.05, 0.1) is 0 Å². The molecule has 1 aromatic carbocycles. The molecule has 0 fully saturated rings. The number of alkyl halides is 1. The number of halogens is 1. The van der Waals surface area contributed by atoms with E-state index in [-0.39, 0.29) is 0 Å². The summed E-state index contributed by atoms with van der Waals surface area (Å²) < 4.78 is 1.30. The van der Waals surface area contributed by atoms with Gasteiger partial charge in [0.1, 0.15) is 0 Å². The van der Waals surface area contributed by atoms with Gasteiger partial charge in [-0.25, -0.2) is 0 Å². The van der Waals surface area contributed by atoms with E-state index in [0.717, 1.165) is 13.1 Å². The highest BCUT2D eigenvalue weighted by atomic mass is 127. The fourth-order valence-corrected chi connectivity index (χ4v) is 2.94.